The number of nitrogens with zero attached hydrogens (tertiary/aromatic N) is 1. The van der Waals surface area contributed by atoms with Crippen molar-refractivity contribution in [2.75, 3.05) is 13.7 Å². The molecule has 1 atom stereocenters. The molecule has 0 bridgehead atoms. The molecule has 0 saturated carbocycles. The maximum absolute atomic E-state index is 13.0. The summed E-state index contributed by atoms with van der Waals surface area (Å²) in [6.07, 6.45) is 2.33. The number of hydrogen-bond acceptors (Lipinski definition) is 5. The van der Waals surface area contributed by atoms with Crippen LogP contribution in [0.1, 0.15) is 38.9 Å². The third kappa shape index (κ3) is 3.82. The summed E-state index contributed by atoms with van der Waals surface area (Å²) in [6.45, 7) is 0.514. The van der Waals surface area contributed by atoms with E-state index in [-0.39, 0.29) is 11.9 Å². The topological polar surface area (TPSA) is 77.5 Å². The van der Waals surface area contributed by atoms with Gasteiger partial charge in [-0.3, -0.25) is 9.78 Å². The Labute approximate surface area is 168 Å². The Kier molecular flexibility index (Phi) is 5.24. The molecule has 146 valence electrons. The predicted molar refractivity (Wildman–Crippen MR) is 108 cm³/mol. The van der Waals surface area contributed by atoms with Crippen molar-refractivity contribution in [3.8, 4) is 16.9 Å². The number of carbonyl (C=O) groups is 2. The molecule has 4 rings (SSSR count). The van der Waals surface area contributed by atoms with Crippen molar-refractivity contribution in [1.29, 1.82) is 0 Å². The van der Waals surface area contributed by atoms with Gasteiger partial charge in [-0.25, -0.2) is 4.79 Å². The largest absolute Gasteiger partial charge is 0.491 e. The summed E-state index contributed by atoms with van der Waals surface area (Å²) in [5.74, 6) is 0.00975. The number of amides is 1. The van der Waals surface area contributed by atoms with Gasteiger partial charge >= 0.3 is 5.97 Å². The summed E-state index contributed by atoms with van der Waals surface area (Å²) in [4.78, 5) is 29.5. The van der Waals surface area contributed by atoms with Crippen molar-refractivity contribution >= 4 is 11.9 Å². The SMILES string of the molecule is COC(=O)c1ccc(C(=O)NC2CCOc3cccnc32)cc1-c1ccccc1. The Morgan fingerprint density at radius 3 is 2.72 bits per heavy atom. The lowest BCUT2D eigenvalue weighted by molar-refractivity contribution is 0.0601. The monoisotopic (exact) mass is 388 g/mol. The lowest BCUT2D eigenvalue weighted by Gasteiger charge is -2.25. The highest BCUT2D eigenvalue weighted by Gasteiger charge is 2.25. The molecule has 1 aliphatic heterocycles. The molecule has 0 aliphatic carbocycles. The minimum absolute atomic E-state index is 0.229. The van der Waals surface area contributed by atoms with Crippen molar-refractivity contribution in [3.05, 3.63) is 83.7 Å². The summed E-state index contributed by atoms with van der Waals surface area (Å²) < 4.78 is 10.5. The fraction of sp³-hybridized carbons (Fsp3) is 0.174. The Hall–Kier alpha value is -3.67. The van der Waals surface area contributed by atoms with Crippen molar-refractivity contribution in [1.82, 2.24) is 10.3 Å². The van der Waals surface area contributed by atoms with Gasteiger partial charge in [0.1, 0.15) is 11.4 Å². The summed E-state index contributed by atoms with van der Waals surface area (Å²) in [7, 11) is 1.34. The zero-order valence-corrected chi connectivity index (χ0v) is 15.9. The van der Waals surface area contributed by atoms with Crippen LogP contribution in [0.3, 0.4) is 0 Å². The minimum atomic E-state index is -0.446. The van der Waals surface area contributed by atoms with Gasteiger partial charge in [0.15, 0.2) is 0 Å². The molecule has 0 saturated heterocycles. The number of carbonyl (C=O) groups excluding carboxylic acids is 2. The summed E-state index contributed by atoms with van der Waals surface area (Å²) in [5, 5.41) is 3.04. The van der Waals surface area contributed by atoms with Crippen LogP contribution in [0.5, 0.6) is 5.75 Å². The van der Waals surface area contributed by atoms with E-state index >= 15 is 0 Å². The normalized spacial score (nSPS) is 15.0. The van der Waals surface area contributed by atoms with Crippen LogP contribution in [-0.4, -0.2) is 30.6 Å². The average Bonchev–Trinajstić information content (AvgIpc) is 2.79. The van der Waals surface area contributed by atoms with Crippen LogP contribution in [-0.2, 0) is 4.74 Å². The van der Waals surface area contributed by atoms with Gasteiger partial charge in [0.05, 0.1) is 25.3 Å². The maximum atomic E-state index is 13.0. The number of nitrogens with one attached hydrogen (secondary N) is 1. The van der Waals surface area contributed by atoms with Crippen molar-refractivity contribution in [2.24, 2.45) is 0 Å². The van der Waals surface area contributed by atoms with Crippen LogP contribution >= 0.6 is 0 Å². The van der Waals surface area contributed by atoms with Crippen LogP contribution in [0, 0.1) is 0 Å². The average molecular weight is 388 g/mol. The first-order valence-corrected chi connectivity index (χ1v) is 9.33. The predicted octanol–water partition coefficient (Wildman–Crippen LogP) is 3.79. The van der Waals surface area contributed by atoms with Crippen molar-refractivity contribution in [3.63, 3.8) is 0 Å². The van der Waals surface area contributed by atoms with Crippen LogP contribution in [0.2, 0.25) is 0 Å². The maximum Gasteiger partial charge on any atom is 0.338 e. The molecule has 1 N–H and O–H groups in total. The molecule has 3 aromatic rings. The molecule has 2 aromatic carbocycles. The second-order valence-electron chi connectivity index (χ2n) is 6.67. The zero-order chi connectivity index (χ0) is 20.2. The van der Waals surface area contributed by atoms with Gasteiger partial charge in [0.2, 0.25) is 0 Å². The van der Waals surface area contributed by atoms with Crippen molar-refractivity contribution in [2.45, 2.75) is 12.5 Å². The first-order valence-electron chi connectivity index (χ1n) is 9.33. The smallest absolute Gasteiger partial charge is 0.338 e. The standard InChI is InChI=1S/C23H20N2O4/c1-28-23(27)17-10-9-16(14-18(17)15-6-3-2-4-7-15)22(26)25-19-11-13-29-20-8-5-12-24-21(19)20/h2-10,12,14,19H,11,13H2,1H3,(H,25,26). The van der Waals surface area contributed by atoms with E-state index < -0.39 is 5.97 Å². The van der Waals surface area contributed by atoms with Gasteiger partial charge in [-0.2, -0.15) is 0 Å². The highest BCUT2D eigenvalue weighted by atomic mass is 16.5. The fourth-order valence-corrected chi connectivity index (χ4v) is 3.42. The third-order valence-corrected chi connectivity index (χ3v) is 4.87. The Bertz CT molecular complexity index is 1050. The lowest BCUT2D eigenvalue weighted by atomic mass is 9.96. The van der Waals surface area contributed by atoms with Gasteiger partial charge in [-0.15, -0.1) is 0 Å². The Balaban J connectivity index is 1.65. The Morgan fingerprint density at radius 2 is 1.93 bits per heavy atom. The number of rotatable bonds is 4. The first kappa shape index (κ1) is 18.7. The lowest BCUT2D eigenvalue weighted by Crippen LogP contribution is -2.32. The van der Waals surface area contributed by atoms with Crippen molar-refractivity contribution < 1.29 is 19.1 Å². The number of hydrogen-bond donors (Lipinski definition) is 1. The molecule has 1 unspecified atom stereocenters. The second kappa shape index (κ2) is 8.14. The molecule has 29 heavy (non-hydrogen) atoms. The van der Waals surface area contributed by atoms with E-state index in [1.165, 1.54) is 7.11 Å². The highest BCUT2D eigenvalue weighted by molar-refractivity contribution is 6.01. The molecule has 0 spiro atoms. The van der Waals surface area contributed by atoms with Crippen LogP contribution in [0.25, 0.3) is 11.1 Å². The van der Waals surface area contributed by atoms with E-state index in [1.54, 1.807) is 30.5 Å². The van der Waals surface area contributed by atoms with Crippen LogP contribution in [0.4, 0.5) is 0 Å². The van der Waals surface area contributed by atoms with E-state index in [4.69, 9.17) is 9.47 Å². The van der Waals surface area contributed by atoms with Gasteiger partial charge in [0.25, 0.3) is 5.91 Å². The number of esters is 1. The first-order chi connectivity index (χ1) is 14.2. The number of fused-ring (bicyclic) bond motifs is 1. The van der Waals surface area contributed by atoms with Gasteiger partial charge in [-0.1, -0.05) is 30.3 Å². The second-order valence-corrected chi connectivity index (χ2v) is 6.67. The van der Waals surface area contributed by atoms with E-state index in [2.05, 4.69) is 10.3 Å². The number of ether oxygens (including phenoxy) is 2. The van der Waals surface area contributed by atoms with Gasteiger partial charge < -0.3 is 14.8 Å². The molecule has 2 heterocycles. The summed E-state index contributed by atoms with van der Waals surface area (Å²) in [6, 6.07) is 17.8. The number of pyridine rings is 1. The Morgan fingerprint density at radius 1 is 1.10 bits per heavy atom. The van der Waals surface area contributed by atoms with E-state index in [0.29, 0.717) is 35.5 Å². The van der Waals surface area contributed by atoms with Gasteiger partial charge in [-0.05, 0) is 41.5 Å². The van der Waals surface area contributed by atoms with Gasteiger partial charge in [0, 0.05) is 18.2 Å². The summed E-state index contributed by atoms with van der Waals surface area (Å²) >= 11 is 0. The molecule has 6 heteroatoms. The van der Waals surface area contributed by atoms with Crippen LogP contribution in [0.15, 0.2) is 66.9 Å². The van der Waals surface area contributed by atoms with E-state index in [1.807, 2.05) is 36.4 Å². The number of benzene rings is 2. The molecule has 1 aliphatic rings. The molecule has 0 radical (unpaired) electrons. The molecule has 1 amide bonds. The minimum Gasteiger partial charge on any atom is -0.491 e. The molecule has 6 nitrogen and oxygen atoms in total. The zero-order valence-electron chi connectivity index (χ0n) is 15.9. The highest BCUT2D eigenvalue weighted by Crippen LogP contribution is 2.30. The molecular formula is C23H20N2O4. The van der Waals surface area contributed by atoms with E-state index in [0.717, 1.165) is 11.3 Å². The van der Waals surface area contributed by atoms with E-state index in [9.17, 15) is 9.59 Å². The number of aromatic nitrogens is 1. The fourth-order valence-electron chi connectivity index (χ4n) is 3.42. The quantitative estimate of drug-likeness (QED) is 0.688. The molecule has 0 fully saturated rings. The molecular weight excluding hydrogens is 368 g/mol. The number of methoxy groups -OCH3 is 1. The summed E-state index contributed by atoms with van der Waals surface area (Å²) in [5.41, 5.74) is 3.08. The third-order valence-electron chi connectivity index (χ3n) is 4.87. The van der Waals surface area contributed by atoms with Crippen LogP contribution < -0.4 is 10.1 Å². The molecule has 1 aromatic heterocycles.